The summed E-state index contributed by atoms with van der Waals surface area (Å²) in [5.41, 5.74) is 0.854. The van der Waals surface area contributed by atoms with Crippen LogP contribution in [0.4, 0.5) is 45.5 Å². The van der Waals surface area contributed by atoms with Gasteiger partial charge in [0.2, 0.25) is 0 Å². The van der Waals surface area contributed by atoms with E-state index in [-0.39, 0.29) is 96.5 Å². The van der Waals surface area contributed by atoms with Crippen LogP contribution in [0.15, 0.2) is 196 Å². The third-order valence-electron chi connectivity index (χ3n) is 10.8. The standard InChI is InChI=1S/C46H31N7O14S4.H3N.Na/c54-42-24-31(70(62,63)64)20-26-19-30(69(59,60)61)23-41(44(26)42)52-50-38-15-14-37(33-8-4-5-9-34(33)38)48-49-39-16-17-40(36-22-29(68(56,57)58)11-13-35(36)39)51-53-45-43(71(65,66)67)21-25-18-28(10-12-32(25)46(45)55)47-27-6-2-1-3-7-27;;/h1-24,47,54-55H,(H,56,57,58)(H,59,60,61)(H,62,63,64)(H,65,66,67);1H3;. The van der Waals surface area contributed by atoms with Crippen LogP contribution >= 0.6 is 0 Å². The molecule has 1 radical (unpaired) electrons. The molecule has 0 amide bonds. The van der Waals surface area contributed by atoms with Gasteiger partial charge in [-0.1, -0.05) is 48.5 Å². The average molecular weight is 1070 g/mol. The largest absolute Gasteiger partial charge is 0.507 e. The van der Waals surface area contributed by atoms with Crippen LogP contribution in [-0.4, -0.2) is 91.7 Å². The SMILES string of the molecule is N.O=S(=O)(O)c1cc(O)c2c(N=Nc3ccc(N=Nc4ccc(N=Nc5c(S(=O)(=O)O)cc6cc(Nc7ccccc7)ccc6c5O)c5cc(S(=O)(=O)O)ccc45)c4ccccc34)cc(S(=O)(=O)O)cc2c1.[Na]. The Hall–Kier alpha value is -7.18. The Labute approximate surface area is 436 Å². The van der Waals surface area contributed by atoms with Crippen LogP contribution in [0.25, 0.3) is 43.1 Å². The van der Waals surface area contributed by atoms with Gasteiger partial charge in [0.15, 0.2) is 5.75 Å². The molecular weight excluding hydrogens is 1040 g/mol. The molecule has 367 valence electrons. The van der Waals surface area contributed by atoms with Crippen molar-refractivity contribution in [3.8, 4) is 11.5 Å². The van der Waals surface area contributed by atoms with Crippen molar-refractivity contribution in [2.75, 3.05) is 5.32 Å². The van der Waals surface area contributed by atoms with Gasteiger partial charge in [-0.05, 0) is 102 Å². The van der Waals surface area contributed by atoms with Crippen molar-refractivity contribution in [3.05, 3.63) is 146 Å². The van der Waals surface area contributed by atoms with Crippen LogP contribution in [0.5, 0.6) is 11.5 Å². The first-order chi connectivity index (χ1) is 33.5. The van der Waals surface area contributed by atoms with Crippen LogP contribution in [0.3, 0.4) is 0 Å². The summed E-state index contributed by atoms with van der Waals surface area (Å²) in [6.45, 7) is 0. The molecule has 0 aliphatic carbocycles. The normalized spacial score (nSPS) is 12.5. The Morgan fingerprint density at radius 3 is 1.41 bits per heavy atom. The average Bonchev–Trinajstić information content (AvgIpc) is 3.31. The van der Waals surface area contributed by atoms with E-state index < -0.39 is 77.2 Å². The van der Waals surface area contributed by atoms with Crippen molar-refractivity contribution in [2.45, 2.75) is 19.6 Å². The summed E-state index contributed by atoms with van der Waals surface area (Å²) in [7, 11) is -19.6. The van der Waals surface area contributed by atoms with Gasteiger partial charge >= 0.3 is 0 Å². The summed E-state index contributed by atoms with van der Waals surface area (Å²) in [5.74, 6) is -1.35. The number of aromatic hydroxyl groups is 2. The minimum absolute atomic E-state index is 0. The quantitative estimate of drug-likeness (QED) is 0.0320. The van der Waals surface area contributed by atoms with Crippen molar-refractivity contribution in [3.63, 3.8) is 0 Å². The van der Waals surface area contributed by atoms with Gasteiger partial charge in [0, 0.05) is 73.9 Å². The number of para-hydroxylation sites is 1. The number of rotatable bonds is 12. The molecule has 0 spiro atoms. The zero-order valence-electron chi connectivity index (χ0n) is 37.3. The maximum atomic E-state index is 12.7. The molecule has 0 unspecified atom stereocenters. The second-order valence-electron chi connectivity index (χ2n) is 15.4. The van der Waals surface area contributed by atoms with Crippen molar-refractivity contribution >= 4 is 159 Å². The number of phenolic OH excluding ortho intramolecular Hbond substituents is 2. The molecule has 0 aliphatic heterocycles. The number of nitrogens with zero attached hydrogens (tertiary/aromatic N) is 6. The number of benzene rings is 9. The van der Waals surface area contributed by atoms with Crippen molar-refractivity contribution in [1.29, 1.82) is 0 Å². The molecule has 0 aromatic heterocycles. The van der Waals surface area contributed by atoms with E-state index in [2.05, 4.69) is 36.0 Å². The van der Waals surface area contributed by atoms with Gasteiger partial charge in [0.05, 0.1) is 48.5 Å². The number of fused-ring (bicyclic) bond motifs is 4. The molecule has 9 rings (SSSR count). The molecule has 22 nitrogen and oxygen atoms in total. The van der Waals surface area contributed by atoms with E-state index in [1.165, 1.54) is 36.4 Å². The van der Waals surface area contributed by atoms with Crippen LogP contribution < -0.4 is 11.5 Å². The Morgan fingerprint density at radius 2 is 0.863 bits per heavy atom. The summed E-state index contributed by atoms with van der Waals surface area (Å²) >= 11 is 0. The molecule has 10 N–H and O–H groups in total. The number of phenols is 2. The molecule has 0 saturated heterocycles. The first-order valence-electron chi connectivity index (χ1n) is 20.2. The zero-order valence-corrected chi connectivity index (χ0v) is 42.6. The molecule has 0 saturated carbocycles. The molecule has 0 fully saturated rings. The molecule has 0 atom stereocenters. The molecule has 27 heteroatoms. The molecule has 9 aromatic carbocycles. The van der Waals surface area contributed by atoms with Gasteiger partial charge in [0.25, 0.3) is 40.5 Å². The Balaban J connectivity index is 0.00000390. The number of azo groups is 3. The third kappa shape index (κ3) is 11.2. The zero-order chi connectivity index (χ0) is 50.6. The predicted octanol–water partition coefficient (Wildman–Crippen LogP) is 11.5. The van der Waals surface area contributed by atoms with Gasteiger partial charge in [-0.3, -0.25) is 18.2 Å². The van der Waals surface area contributed by atoms with Gasteiger partial charge in [0.1, 0.15) is 16.3 Å². The fraction of sp³-hybridized carbons (Fsp3) is 0. The first-order valence-corrected chi connectivity index (χ1v) is 26.0. The molecule has 0 aliphatic rings. The van der Waals surface area contributed by atoms with Crippen molar-refractivity contribution < 1.29 is 62.1 Å². The maximum absolute atomic E-state index is 12.7. The minimum atomic E-state index is -5.04. The Bertz CT molecular complexity index is 4300. The number of nitrogens with one attached hydrogen (secondary N) is 1. The molecule has 9 aromatic rings. The smallest absolute Gasteiger partial charge is 0.296 e. The molecular formula is C46H34N8NaO14S4. The molecule has 73 heavy (non-hydrogen) atoms. The van der Waals surface area contributed by atoms with Crippen LogP contribution in [0, 0.1) is 0 Å². The topological polar surface area (TPSA) is 379 Å². The summed E-state index contributed by atoms with van der Waals surface area (Å²) < 4.78 is 138. The van der Waals surface area contributed by atoms with Gasteiger partial charge < -0.3 is 21.7 Å². The summed E-state index contributed by atoms with van der Waals surface area (Å²) in [6.07, 6.45) is 0. The van der Waals surface area contributed by atoms with E-state index in [9.17, 15) is 62.1 Å². The second kappa shape index (κ2) is 20.4. The van der Waals surface area contributed by atoms with E-state index in [0.29, 0.717) is 16.5 Å². The monoisotopic (exact) mass is 1070 g/mol. The fourth-order valence-electron chi connectivity index (χ4n) is 7.60. The third-order valence-corrected chi connectivity index (χ3v) is 14.2. The maximum Gasteiger partial charge on any atom is 0.296 e. The number of anilines is 2. The van der Waals surface area contributed by atoms with E-state index in [1.807, 2.05) is 30.3 Å². The number of hydrogen-bond acceptors (Lipinski definition) is 18. The van der Waals surface area contributed by atoms with E-state index in [4.69, 9.17) is 0 Å². The summed E-state index contributed by atoms with van der Waals surface area (Å²) in [5, 5.41) is 51.9. The summed E-state index contributed by atoms with van der Waals surface area (Å²) in [4.78, 5) is -2.80. The van der Waals surface area contributed by atoms with E-state index in [1.54, 1.807) is 36.4 Å². The molecule has 0 heterocycles. The van der Waals surface area contributed by atoms with Gasteiger partial charge in [-0.2, -0.15) is 33.7 Å². The summed E-state index contributed by atoms with van der Waals surface area (Å²) in [6, 6.07) is 34.2. The van der Waals surface area contributed by atoms with Crippen LogP contribution in [-0.2, 0) is 40.5 Å². The Morgan fingerprint density at radius 1 is 0.384 bits per heavy atom. The Kier molecular flexibility index (Phi) is 15.0. The van der Waals surface area contributed by atoms with Crippen molar-refractivity contribution in [2.24, 2.45) is 30.7 Å². The van der Waals surface area contributed by atoms with Crippen molar-refractivity contribution in [1.82, 2.24) is 6.15 Å². The molecule has 0 bridgehead atoms. The first kappa shape index (κ1) is 53.6. The minimum Gasteiger partial charge on any atom is -0.507 e. The second-order valence-corrected chi connectivity index (χ2v) is 21.1. The number of hydrogen-bond donors (Lipinski definition) is 8. The van der Waals surface area contributed by atoms with Gasteiger partial charge in [-0.15, -0.1) is 30.7 Å². The van der Waals surface area contributed by atoms with Crippen LogP contribution in [0.2, 0.25) is 0 Å². The van der Waals surface area contributed by atoms with Crippen LogP contribution in [0.1, 0.15) is 0 Å². The van der Waals surface area contributed by atoms with E-state index >= 15 is 0 Å². The van der Waals surface area contributed by atoms with Gasteiger partial charge in [-0.25, -0.2) is 0 Å². The fourth-order valence-corrected chi connectivity index (χ4v) is 9.83. The van der Waals surface area contributed by atoms with E-state index in [0.717, 1.165) is 48.2 Å². The predicted molar refractivity (Wildman–Crippen MR) is 271 cm³/mol.